The predicted molar refractivity (Wildman–Crippen MR) is 86.8 cm³/mol. The Labute approximate surface area is 138 Å². The molecule has 0 aliphatic carbocycles. The number of hydrogen-bond donors (Lipinski definition) is 3. The molecule has 0 amide bonds. The van der Waals surface area contributed by atoms with Gasteiger partial charge in [-0.05, 0) is 34.1 Å². The van der Waals surface area contributed by atoms with E-state index in [9.17, 15) is 8.42 Å². The number of para-hydroxylation sites is 1. The number of nitrogens with one attached hydrogen (secondary N) is 1. The summed E-state index contributed by atoms with van der Waals surface area (Å²) in [6.07, 6.45) is 0. The van der Waals surface area contributed by atoms with Crippen LogP contribution in [0.5, 0.6) is 0 Å². The molecule has 2 rings (SSSR count). The van der Waals surface area contributed by atoms with E-state index >= 15 is 0 Å². The van der Waals surface area contributed by atoms with Crippen LogP contribution in [0.15, 0.2) is 43.5 Å². The Hall–Kier alpha value is -1.29. The lowest BCUT2D eigenvalue weighted by Crippen LogP contribution is -2.18. The highest BCUT2D eigenvalue weighted by molar-refractivity contribution is 9.11. The molecule has 2 aromatic rings. The fourth-order valence-electron chi connectivity index (χ4n) is 1.50. The normalized spacial score (nSPS) is 12.4. The largest absolute Gasteiger partial charge is 0.409 e. The quantitative estimate of drug-likeness (QED) is 0.312. The molecule has 0 saturated heterocycles. The molecule has 4 N–H and O–H groups in total. The molecule has 0 aliphatic rings. The van der Waals surface area contributed by atoms with Gasteiger partial charge in [0.1, 0.15) is 4.21 Å². The second-order valence-corrected chi connectivity index (χ2v) is 8.51. The van der Waals surface area contributed by atoms with Crippen molar-refractivity contribution in [2.75, 3.05) is 4.72 Å². The SMILES string of the molecule is N/C(=N/O)c1ccccc1NS(=O)(=O)c1cc(Cl)c(Br)s1. The Morgan fingerprint density at radius 1 is 1.43 bits per heavy atom. The van der Waals surface area contributed by atoms with Crippen molar-refractivity contribution in [1.29, 1.82) is 0 Å². The number of hydrogen-bond acceptors (Lipinski definition) is 5. The van der Waals surface area contributed by atoms with Gasteiger partial charge >= 0.3 is 0 Å². The minimum atomic E-state index is -3.82. The molecule has 0 spiro atoms. The van der Waals surface area contributed by atoms with Gasteiger partial charge in [-0.2, -0.15) is 0 Å². The second kappa shape index (κ2) is 6.22. The van der Waals surface area contributed by atoms with E-state index in [-0.39, 0.29) is 21.3 Å². The third-order valence-electron chi connectivity index (χ3n) is 2.44. The molecule has 1 aromatic heterocycles. The third-order valence-corrected chi connectivity index (χ3v) is 6.76. The predicted octanol–water partition coefficient (Wildman–Crippen LogP) is 3.06. The number of rotatable bonds is 4. The average Bonchev–Trinajstić information content (AvgIpc) is 2.79. The molecular formula is C11H9BrClN3O3S2. The van der Waals surface area contributed by atoms with Crippen LogP contribution in [0.1, 0.15) is 5.56 Å². The van der Waals surface area contributed by atoms with Crippen LogP contribution >= 0.6 is 38.9 Å². The number of anilines is 1. The summed E-state index contributed by atoms with van der Waals surface area (Å²) in [7, 11) is -3.82. The maximum Gasteiger partial charge on any atom is 0.271 e. The number of sulfonamides is 1. The minimum absolute atomic E-state index is 0.0497. The van der Waals surface area contributed by atoms with Crippen LogP contribution in [-0.4, -0.2) is 19.5 Å². The van der Waals surface area contributed by atoms with Crippen LogP contribution in [0, 0.1) is 0 Å². The Morgan fingerprint density at radius 3 is 2.67 bits per heavy atom. The summed E-state index contributed by atoms with van der Waals surface area (Å²) in [4.78, 5) is 0. The van der Waals surface area contributed by atoms with Crippen molar-refractivity contribution in [2.45, 2.75) is 4.21 Å². The highest BCUT2D eigenvalue weighted by atomic mass is 79.9. The molecule has 0 unspecified atom stereocenters. The first-order chi connectivity index (χ1) is 9.85. The van der Waals surface area contributed by atoms with Crippen LogP contribution in [0.3, 0.4) is 0 Å². The molecule has 112 valence electrons. The van der Waals surface area contributed by atoms with Crippen molar-refractivity contribution in [1.82, 2.24) is 0 Å². The first-order valence-electron chi connectivity index (χ1n) is 5.39. The summed E-state index contributed by atoms with van der Waals surface area (Å²) in [5.74, 6) is -0.196. The van der Waals surface area contributed by atoms with Gasteiger partial charge in [0.05, 0.1) is 14.5 Å². The summed E-state index contributed by atoms with van der Waals surface area (Å²) in [5.41, 5.74) is 5.99. The monoisotopic (exact) mass is 409 g/mol. The van der Waals surface area contributed by atoms with Crippen LogP contribution in [-0.2, 0) is 10.0 Å². The lowest BCUT2D eigenvalue weighted by atomic mass is 10.2. The first-order valence-corrected chi connectivity index (χ1v) is 8.87. The van der Waals surface area contributed by atoms with Crippen molar-refractivity contribution in [3.05, 3.63) is 44.7 Å². The van der Waals surface area contributed by atoms with E-state index in [1.165, 1.54) is 18.2 Å². The number of amidine groups is 1. The zero-order valence-corrected chi connectivity index (χ0v) is 14.2. The summed E-state index contributed by atoms with van der Waals surface area (Å²) >= 11 is 9.99. The molecule has 0 radical (unpaired) electrons. The molecule has 0 aliphatic heterocycles. The zero-order valence-electron chi connectivity index (χ0n) is 10.2. The molecule has 21 heavy (non-hydrogen) atoms. The number of thiophene rings is 1. The van der Waals surface area contributed by atoms with E-state index in [1.54, 1.807) is 12.1 Å². The van der Waals surface area contributed by atoms with Crippen molar-refractivity contribution >= 4 is 60.4 Å². The average molecular weight is 411 g/mol. The van der Waals surface area contributed by atoms with Crippen molar-refractivity contribution in [2.24, 2.45) is 10.9 Å². The summed E-state index contributed by atoms with van der Waals surface area (Å²) in [5, 5.41) is 11.9. The molecule has 1 heterocycles. The lowest BCUT2D eigenvalue weighted by Gasteiger charge is -2.10. The third kappa shape index (κ3) is 3.49. The standard InChI is InChI=1S/C11H9BrClN3O3S2/c12-10-7(13)5-9(20-10)21(18,19)16-8-4-2-1-3-6(8)11(14)15-17/h1-5,16-17H,(H2,14,15). The topological polar surface area (TPSA) is 105 Å². The van der Waals surface area contributed by atoms with Gasteiger partial charge in [0.2, 0.25) is 0 Å². The number of nitrogens with two attached hydrogens (primary N) is 1. The maximum atomic E-state index is 12.3. The molecule has 0 atom stereocenters. The van der Waals surface area contributed by atoms with E-state index in [0.717, 1.165) is 11.3 Å². The fraction of sp³-hybridized carbons (Fsp3) is 0. The van der Waals surface area contributed by atoms with Crippen LogP contribution in [0.2, 0.25) is 5.02 Å². The van der Waals surface area contributed by atoms with Crippen molar-refractivity contribution in [3.63, 3.8) is 0 Å². The molecule has 6 nitrogen and oxygen atoms in total. The minimum Gasteiger partial charge on any atom is -0.409 e. The van der Waals surface area contributed by atoms with E-state index in [0.29, 0.717) is 8.81 Å². The molecule has 0 bridgehead atoms. The Morgan fingerprint density at radius 2 is 2.10 bits per heavy atom. The molecular weight excluding hydrogens is 402 g/mol. The van der Waals surface area contributed by atoms with Crippen LogP contribution in [0.25, 0.3) is 0 Å². The number of halogens is 2. The highest BCUT2D eigenvalue weighted by Crippen LogP contribution is 2.35. The fourth-order valence-corrected chi connectivity index (χ4v) is 4.98. The molecule has 0 saturated carbocycles. The zero-order chi connectivity index (χ0) is 15.6. The lowest BCUT2D eigenvalue weighted by molar-refractivity contribution is 0.318. The van der Waals surface area contributed by atoms with Crippen molar-refractivity contribution in [3.8, 4) is 0 Å². The molecule has 0 fully saturated rings. The Kier molecular flexibility index (Phi) is 4.77. The Balaban J connectivity index is 2.42. The van der Waals surface area contributed by atoms with E-state index in [1.807, 2.05) is 0 Å². The van der Waals surface area contributed by atoms with Gasteiger partial charge in [0, 0.05) is 5.56 Å². The van der Waals surface area contributed by atoms with Crippen LogP contribution < -0.4 is 10.5 Å². The van der Waals surface area contributed by atoms with Crippen LogP contribution in [0.4, 0.5) is 5.69 Å². The molecule has 1 aromatic carbocycles. The second-order valence-electron chi connectivity index (χ2n) is 3.82. The van der Waals surface area contributed by atoms with Gasteiger partial charge in [0.25, 0.3) is 10.0 Å². The number of benzene rings is 1. The van der Waals surface area contributed by atoms with Gasteiger partial charge in [-0.1, -0.05) is 28.9 Å². The van der Waals surface area contributed by atoms with Crippen molar-refractivity contribution < 1.29 is 13.6 Å². The summed E-state index contributed by atoms with van der Waals surface area (Å²) < 4.78 is 27.6. The Bertz CT molecular complexity index is 785. The van der Waals surface area contributed by atoms with Gasteiger partial charge in [0.15, 0.2) is 5.84 Å². The van der Waals surface area contributed by atoms with Gasteiger partial charge in [-0.3, -0.25) is 4.72 Å². The van der Waals surface area contributed by atoms with E-state index in [2.05, 4.69) is 25.8 Å². The number of nitrogens with zero attached hydrogens (tertiary/aromatic N) is 1. The molecule has 10 heteroatoms. The summed E-state index contributed by atoms with van der Waals surface area (Å²) in [6.45, 7) is 0. The smallest absolute Gasteiger partial charge is 0.271 e. The van der Waals surface area contributed by atoms with E-state index < -0.39 is 10.0 Å². The van der Waals surface area contributed by atoms with E-state index in [4.69, 9.17) is 22.5 Å². The first kappa shape index (κ1) is 16.1. The van der Waals surface area contributed by atoms with Gasteiger partial charge in [-0.15, -0.1) is 11.3 Å². The summed E-state index contributed by atoms with van der Waals surface area (Å²) in [6, 6.07) is 7.65. The highest BCUT2D eigenvalue weighted by Gasteiger charge is 2.21. The van der Waals surface area contributed by atoms with Gasteiger partial charge < -0.3 is 10.9 Å². The maximum absolute atomic E-state index is 12.3. The number of oxime groups is 1. The van der Waals surface area contributed by atoms with Gasteiger partial charge in [-0.25, -0.2) is 8.42 Å².